The number of carbonyl (C=O) groups is 1. The van der Waals surface area contributed by atoms with Crippen molar-refractivity contribution >= 4 is 45.7 Å². The van der Waals surface area contributed by atoms with E-state index >= 15 is 0 Å². The summed E-state index contributed by atoms with van der Waals surface area (Å²) in [5, 5.41) is 12.3. The van der Waals surface area contributed by atoms with Gasteiger partial charge in [0.05, 0.1) is 5.92 Å². The van der Waals surface area contributed by atoms with Crippen LogP contribution in [0.25, 0.3) is 0 Å². The monoisotopic (exact) mass is 382 g/mol. The molecule has 0 bridgehead atoms. The summed E-state index contributed by atoms with van der Waals surface area (Å²) in [6.07, 6.45) is 3.85. The zero-order valence-electron chi connectivity index (χ0n) is 13.4. The summed E-state index contributed by atoms with van der Waals surface area (Å²) in [5.74, 6) is 0.00512. The van der Waals surface area contributed by atoms with Gasteiger partial charge in [0.2, 0.25) is 11.0 Å². The van der Waals surface area contributed by atoms with Gasteiger partial charge in [-0.25, -0.2) is 0 Å². The summed E-state index contributed by atoms with van der Waals surface area (Å²) in [6.45, 7) is 2.51. The highest BCUT2D eigenvalue weighted by Crippen LogP contribution is 2.26. The fourth-order valence-electron chi connectivity index (χ4n) is 2.83. The molecule has 0 saturated carbocycles. The third-order valence-corrected chi connectivity index (χ3v) is 6.22. The smallest absolute Gasteiger partial charge is 0.230 e. The lowest BCUT2D eigenvalue weighted by molar-refractivity contribution is -0.121. The fraction of sp³-hybridized carbons (Fsp3) is 0.438. The number of carbonyl (C=O) groups excluding carboxylic acids is 1. The standard InChI is InChI=1S/C16H19ClN4OS2/c1-23-16-20-19-15(24-16)18-14(22)12-6-4-8-21(10-12)9-11-5-2-3-7-13(11)17/h2-3,5,7,12H,4,6,8-10H2,1H3,(H,18,19,22)/t12-/m0/s1. The number of aromatic nitrogens is 2. The van der Waals surface area contributed by atoms with Gasteiger partial charge in [0.15, 0.2) is 4.34 Å². The number of amides is 1. The molecule has 1 aromatic carbocycles. The molecular weight excluding hydrogens is 364 g/mol. The molecule has 0 spiro atoms. The molecule has 1 amide bonds. The van der Waals surface area contributed by atoms with Crippen molar-refractivity contribution in [3.8, 4) is 0 Å². The topological polar surface area (TPSA) is 58.1 Å². The molecule has 2 heterocycles. The molecule has 1 fully saturated rings. The Morgan fingerprint density at radius 1 is 1.46 bits per heavy atom. The molecule has 3 rings (SSSR count). The number of hydrogen-bond acceptors (Lipinski definition) is 6. The number of piperidine rings is 1. The first-order valence-corrected chi connectivity index (χ1v) is 10.2. The van der Waals surface area contributed by atoms with Crippen molar-refractivity contribution in [1.29, 1.82) is 0 Å². The van der Waals surface area contributed by atoms with Gasteiger partial charge in [-0.1, -0.05) is 52.9 Å². The van der Waals surface area contributed by atoms with Crippen LogP contribution in [-0.4, -0.2) is 40.3 Å². The van der Waals surface area contributed by atoms with Crippen molar-refractivity contribution < 1.29 is 4.79 Å². The zero-order valence-corrected chi connectivity index (χ0v) is 15.8. The van der Waals surface area contributed by atoms with E-state index in [1.54, 1.807) is 0 Å². The molecule has 8 heteroatoms. The predicted octanol–water partition coefficient (Wildman–Crippen LogP) is 3.76. The Morgan fingerprint density at radius 3 is 3.04 bits per heavy atom. The number of likely N-dealkylation sites (tertiary alicyclic amines) is 1. The number of nitrogens with one attached hydrogen (secondary N) is 1. The molecular formula is C16H19ClN4OS2. The van der Waals surface area contributed by atoms with E-state index in [4.69, 9.17) is 11.6 Å². The Kier molecular flexibility index (Phi) is 6.10. The van der Waals surface area contributed by atoms with Crippen LogP contribution in [0.5, 0.6) is 0 Å². The van der Waals surface area contributed by atoms with Crippen molar-refractivity contribution in [3.05, 3.63) is 34.9 Å². The number of rotatable bonds is 5. The van der Waals surface area contributed by atoms with Gasteiger partial charge in [0.1, 0.15) is 0 Å². The SMILES string of the molecule is CSc1nnc(NC(=O)[C@H]2CCCN(Cc3ccccc3Cl)C2)s1. The molecule has 2 aromatic rings. The summed E-state index contributed by atoms with van der Waals surface area (Å²) >= 11 is 9.18. The summed E-state index contributed by atoms with van der Waals surface area (Å²) in [7, 11) is 0. The van der Waals surface area contributed by atoms with Gasteiger partial charge in [-0.05, 0) is 37.3 Å². The van der Waals surface area contributed by atoms with Gasteiger partial charge in [0.25, 0.3) is 0 Å². The van der Waals surface area contributed by atoms with Crippen LogP contribution in [-0.2, 0) is 11.3 Å². The Balaban J connectivity index is 1.58. The van der Waals surface area contributed by atoms with Crippen LogP contribution >= 0.6 is 34.7 Å². The van der Waals surface area contributed by atoms with E-state index < -0.39 is 0 Å². The van der Waals surface area contributed by atoms with Gasteiger partial charge >= 0.3 is 0 Å². The molecule has 128 valence electrons. The molecule has 1 saturated heterocycles. The molecule has 1 aliphatic heterocycles. The van der Waals surface area contributed by atoms with E-state index in [-0.39, 0.29) is 11.8 Å². The first-order valence-electron chi connectivity index (χ1n) is 7.80. The quantitative estimate of drug-likeness (QED) is 0.630. The number of benzene rings is 1. The van der Waals surface area contributed by atoms with Gasteiger partial charge in [-0.3, -0.25) is 9.69 Å². The van der Waals surface area contributed by atoms with Crippen molar-refractivity contribution in [2.24, 2.45) is 5.92 Å². The van der Waals surface area contributed by atoms with Crippen LogP contribution in [0, 0.1) is 5.92 Å². The number of halogens is 1. The largest absolute Gasteiger partial charge is 0.300 e. The minimum absolute atomic E-state index is 0.0251. The lowest BCUT2D eigenvalue weighted by Gasteiger charge is -2.32. The highest BCUT2D eigenvalue weighted by molar-refractivity contribution is 8.00. The molecule has 1 atom stereocenters. The van der Waals surface area contributed by atoms with E-state index in [1.807, 2.05) is 30.5 Å². The van der Waals surface area contributed by atoms with E-state index in [0.29, 0.717) is 5.13 Å². The van der Waals surface area contributed by atoms with E-state index in [2.05, 4.69) is 20.4 Å². The average molecular weight is 383 g/mol. The zero-order chi connectivity index (χ0) is 16.9. The average Bonchev–Trinajstić information content (AvgIpc) is 3.05. The first kappa shape index (κ1) is 17.7. The van der Waals surface area contributed by atoms with Crippen LogP contribution < -0.4 is 5.32 Å². The van der Waals surface area contributed by atoms with Crippen LogP contribution in [0.2, 0.25) is 5.02 Å². The van der Waals surface area contributed by atoms with Crippen molar-refractivity contribution in [2.45, 2.75) is 23.7 Å². The van der Waals surface area contributed by atoms with Crippen molar-refractivity contribution in [2.75, 3.05) is 24.7 Å². The highest BCUT2D eigenvalue weighted by atomic mass is 35.5. The minimum atomic E-state index is -0.0251. The Morgan fingerprint density at radius 2 is 2.29 bits per heavy atom. The second kappa shape index (κ2) is 8.29. The van der Waals surface area contributed by atoms with Crippen molar-refractivity contribution in [1.82, 2.24) is 15.1 Å². The third-order valence-electron chi connectivity index (χ3n) is 4.04. The molecule has 1 aliphatic rings. The fourth-order valence-corrected chi connectivity index (χ4v) is 4.20. The Hall–Kier alpha value is -1.15. The highest BCUT2D eigenvalue weighted by Gasteiger charge is 2.26. The molecule has 24 heavy (non-hydrogen) atoms. The van der Waals surface area contributed by atoms with Gasteiger partial charge in [-0.15, -0.1) is 10.2 Å². The number of nitrogens with zero attached hydrogens (tertiary/aromatic N) is 3. The van der Waals surface area contributed by atoms with Gasteiger partial charge < -0.3 is 5.32 Å². The molecule has 0 aliphatic carbocycles. The Bertz CT molecular complexity index is 709. The number of anilines is 1. The van der Waals surface area contributed by atoms with Crippen LogP contribution in [0.15, 0.2) is 28.6 Å². The second-order valence-corrected chi connectivity index (χ2v) is 8.17. The molecule has 1 N–H and O–H groups in total. The van der Waals surface area contributed by atoms with Crippen LogP contribution in [0.3, 0.4) is 0 Å². The molecule has 0 radical (unpaired) electrons. The molecule has 0 unspecified atom stereocenters. The van der Waals surface area contributed by atoms with E-state index in [9.17, 15) is 4.79 Å². The molecule has 5 nitrogen and oxygen atoms in total. The summed E-state index contributed by atoms with van der Waals surface area (Å²) in [6, 6.07) is 7.87. The second-order valence-electron chi connectivity index (χ2n) is 5.73. The van der Waals surface area contributed by atoms with Gasteiger partial charge in [0, 0.05) is 18.1 Å². The van der Waals surface area contributed by atoms with E-state index in [1.165, 1.54) is 23.1 Å². The maximum atomic E-state index is 12.5. The number of thioether (sulfide) groups is 1. The van der Waals surface area contributed by atoms with Crippen LogP contribution in [0.1, 0.15) is 18.4 Å². The maximum Gasteiger partial charge on any atom is 0.230 e. The van der Waals surface area contributed by atoms with Gasteiger partial charge in [-0.2, -0.15) is 0 Å². The summed E-state index contributed by atoms with van der Waals surface area (Å²) in [4.78, 5) is 14.8. The molecule has 1 aromatic heterocycles. The lowest BCUT2D eigenvalue weighted by atomic mass is 9.97. The number of hydrogen-bond donors (Lipinski definition) is 1. The summed E-state index contributed by atoms with van der Waals surface area (Å²) < 4.78 is 0.856. The van der Waals surface area contributed by atoms with Crippen LogP contribution in [0.4, 0.5) is 5.13 Å². The first-order chi connectivity index (χ1) is 11.7. The Labute approximate surface area is 154 Å². The normalized spacial score (nSPS) is 18.5. The summed E-state index contributed by atoms with van der Waals surface area (Å²) in [5.41, 5.74) is 1.11. The van der Waals surface area contributed by atoms with E-state index in [0.717, 1.165) is 47.4 Å². The van der Waals surface area contributed by atoms with Crippen molar-refractivity contribution in [3.63, 3.8) is 0 Å². The maximum absolute atomic E-state index is 12.5. The predicted molar refractivity (Wildman–Crippen MR) is 99.8 cm³/mol. The third kappa shape index (κ3) is 4.47. The lowest BCUT2D eigenvalue weighted by Crippen LogP contribution is -2.40. The minimum Gasteiger partial charge on any atom is -0.300 e.